The summed E-state index contributed by atoms with van der Waals surface area (Å²) in [5.41, 5.74) is 1.66. The smallest absolute Gasteiger partial charge is 0.221 e. The van der Waals surface area contributed by atoms with E-state index in [-0.39, 0.29) is 16.8 Å². The minimum atomic E-state index is -0.530. The van der Waals surface area contributed by atoms with Gasteiger partial charge in [0.2, 0.25) is 6.04 Å². The Morgan fingerprint density at radius 1 is 1.09 bits per heavy atom. The van der Waals surface area contributed by atoms with Crippen LogP contribution < -0.4 is 0 Å². The number of aromatic nitrogens is 1. The van der Waals surface area contributed by atoms with Crippen LogP contribution in [0.4, 0.5) is 0 Å². The molecular weight excluding hydrogens is 276 g/mol. The van der Waals surface area contributed by atoms with E-state index >= 15 is 0 Å². The molecule has 0 spiro atoms. The second-order valence-electron chi connectivity index (χ2n) is 6.06. The molecule has 2 bridgehead atoms. The van der Waals surface area contributed by atoms with E-state index in [0.717, 1.165) is 11.3 Å². The van der Waals surface area contributed by atoms with Crippen molar-refractivity contribution in [3.8, 4) is 0 Å². The Hall–Kier alpha value is -2.49. The second-order valence-corrected chi connectivity index (χ2v) is 6.06. The average Bonchev–Trinajstić information content (AvgIpc) is 3.10. The SMILES string of the molecule is O=[N+]([O-])[C@H]1C[C@H]2C=C[C@@H]1[C@@]2(c1ccccc1)c1ccccn1. The maximum atomic E-state index is 11.5. The summed E-state index contributed by atoms with van der Waals surface area (Å²) in [5.74, 6) is -0.00463. The highest BCUT2D eigenvalue weighted by molar-refractivity contribution is 5.46. The molecule has 22 heavy (non-hydrogen) atoms. The number of fused-ring (bicyclic) bond motifs is 2. The van der Waals surface area contributed by atoms with Gasteiger partial charge in [0, 0.05) is 17.5 Å². The molecule has 4 heteroatoms. The second kappa shape index (κ2) is 4.77. The van der Waals surface area contributed by atoms with Crippen LogP contribution in [0.15, 0.2) is 66.9 Å². The molecule has 2 aromatic rings. The van der Waals surface area contributed by atoms with Gasteiger partial charge in [-0.05, 0) is 23.6 Å². The van der Waals surface area contributed by atoms with Crippen LogP contribution in [-0.2, 0) is 5.41 Å². The molecule has 0 amide bonds. The zero-order chi connectivity index (χ0) is 15.2. The normalized spacial score (nSPS) is 32.3. The van der Waals surface area contributed by atoms with Crippen molar-refractivity contribution in [3.05, 3.63) is 88.3 Å². The minimum absolute atomic E-state index is 0.116. The fourth-order valence-corrected chi connectivity index (χ4v) is 4.36. The molecule has 1 saturated carbocycles. The van der Waals surface area contributed by atoms with Crippen molar-refractivity contribution >= 4 is 0 Å². The highest BCUT2D eigenvalue weighted by Gasteiger charge is 2.63. The number of rotatable bonds is 3. The molecule has 0 saturated heterocycles. The molecule has 1 aromatic carbocycles. The molecule has 0 aliphatic heterocycles. The van der Waals surface area contributed by atoms with Crippen molar-refractivity contribution < 1.29 is 4.92 Å². The first-order chi connectivity index (χ1) is 10.7. The zero-order valence-corrected chi connectivity index (χ0v) is 12.0. The Morgan fingerprint density at radius 3 is 2.50 bits per heavy atom. The molecule has 4 rings (SSSR count). The van der Waals surface area contributed by atoms with Crippen molar-refractivity contribution in [1.29, 1.82) is 0 Å². The van der Waals surface area contributed by atoms with Crippen molar-refractivity contribution in [1.82, 2.24) is 4.98 Å². The summed E-state index contributed by atoms with van der Waals surface area (Å²) in [6.45, 7) is 0. The lowest BCUT2D eigenvalue weighted by Crippen LogP contribution is -2.38. The fourth-order valence-electron chi connectivity index (χ4n) is 4.36. The fraction of sp³-hybridized carbons (Fsp3) is 0.278. The van der Waals surface area contributed by atoms with Gasteiger partial charge in [0.1, 0.15) is 0 Å². The largest absolute Gasteiger partial charge is 0.264 e. The van der Waals surface area contributed by atoms with E-state index in [1.165, 1.54) is 0 Å². The van der Waals surface area contributed by atoms with Gasteiger partial charge >= 0.3 is 0 Å². The molecule has 2 aliphatic carbocycles. The van der Waals surface area contributed by atoms with Gasteiger partial charge in [-0.25, -0.2) is 0 Å². The molecule has 4 nitrogen and oxygen atoms in total. The molecule has 0 radical (unpaired) electrons. The number of benzene rings is 1. The molecule has 2 aliphatic rings. The highest BCUT2D eigenvalue weighted by atomic mass is 16.6. The molecule has 1 aromatic heterocycles. The van der Waals surface area contributed by atoms with Gasteiger partial charge in [-0.1, -0.05) is 48.6 Å². The Kier molecular flexibility index (Phi) is 2.86. The first kappa shape index (κ1) is 13.2. The van der Waals surface area contributed by atoms with Gasteiger partial charge in [0.15, 0.2) is 0 Å². The molecule has 0 N–H and O–H groups in total. The minimum Gasteiger partial charge on any atom is -0.264 e. The van der Waals surface area contributed by atoms with E-state index in [2.05, 4.69) is 23.2 Å². The van der Waals surface area contributed by atoms with E-state index in [1.807, 2.05) is 42.5 Å². The van der Waals surface area contributed by atoms with Crippen molar-refractivity contribution in [2.45, 2.75) is 17.9 Å². The van der Waals surface area contributed by atoms with Gasteiger partial charge < -0.3 is 0 Å². The molecule has 0 unspecified atom stereocenters. The van der Waals surface area contributed by atoms with Crippen molar-refractivity contribution in [2.24, 2.45) is 11.8 Å². The van der Waals surface area contributed by atoms with E-state index < -0.39 is 11.5 Å². The summed E-state index contributed by atoms with van der Waals surface area (Å²) in [4.78, 5) is 16.0. The monoisotopic (exact) mass is 292 g/mol. The number of nitro groups is 1. The predicted molar refractivity (Wildman–Crippen MR) is 83.0 cm³/mol. The number of allylic oxidation sites excluding steroid dienone is 1. The maximum absolute atomic E-state index is 11.5. The highest BCUT2D eigenvalue weighted by Crippen LogP contribution is 2.58. The third-order valence-corrected chi connectivity index (χ3v) is 5.18. The summed E-state index contributed by atoms with van der Waals surface area (Å²) < 4.78 is 0. The van der Waals surface area contributed by atoms with Gasteiger partial charge in [0.25, 0.3) is 0 Å². The zero-order valence-electron chi connectivity index (χ0n) is 12.0. The summed E-state index contributed by atoms with van der Waals surface area (Å²) in [7, 11) is 0. The number of pyridine rings is 1. The van der Waals surface area contributed by atoms with Crippen LogP contribution in [0.25, 0.3) is 0 Å². The Balaban J connectivity index is 1.95. The van der Waals surface area contributed by atoms with Gasteiger partial charge in [-0.15, -0.1) is 0 Å². The summed E-state index contributed by atoms with van der Waals surface area (Å²) >= 11 is 0. The van der Waals surface area contributed by atoms with Crippen LogP contribution in [0, 0.1) is 22.0 Å². The van der Waals surface area contributed by atoms with E-state index in [1.54, 1.807) is 6.20 Å². The molecular formula is C18H16N2O2. The van der Waals surface area contributed by atoms with Crippen molar-refractivity contribution in [2.75, 3.05) is 0 Å². The van der Waals surface area contributed by atoms with Crippen LogP contribution in [0.2, 0.25) is 0 Å². The first-order valence-corrected chi connectivity index (χ1v) is 7.53. The number of hydrogen-bond acceptors (Lipinski definition) is 3. The van der Waals surface area contributed by atoms with Crippen LogP contribution >= 0.6 is 0 Å². The van der Waals surface area contributed by atoms with E-state index in [0.29, 0.717) is 6.42 Å². The third-order valence-electron chi connectivity index (χ3n) is 5.18. The average molecular weight is 292 g/mol. The van der Waals surface area contributed by atoms with Crippen LogP contribution in [0.5, 0.6) is 0 Å². The topological polar surface area (TPSA) is 56.0 Å². The molecule has 4 atom stereocenters. The Bertz CT molecular complexity index is 688. The van der Waals surface area contributed by atoms with Crippen LogP contribution in [-0.4, -0.2) is 15.9 Å². The van der Waals surface area contributed by atoms with Crippen LogP contribution in [0.1, 0.15) is 17.7 Å². The first-order valence-electron chi connectivity index (χ1n) is 7.53. The Labute approximate surface area is 128 Å². The van der Waals surface area contributed by atoms with Gasteiger partial charge in [-0.2, -0.15) is 0 Å². The number of nitrogens with zero attached hydrogens (tertiary/aromatic N) is 2. The predicted octanol–water partition coefficient (Wildman–Crippen LogP) is 3.22. The maximum Gasteiger partial charge on any atom is 0.221 e. The molecule has 110 valence electrons. The summed E-state index contributed by atoms with van der Waals surface area (Å²) in [5, 5.41) is 11.5. The van der Waals surface area contributed by atoms with E-state index in [4.69, 9.17) is 0 Å². The molecule has 1 heterocycles. The van der Waals surface area contributed by atoms with Crippen molar-refractivity contribution in [3.63, 3.8) is 0 Å². The Morgan fingerprint density at radius 2 is 1.86 bits per heavy atom. The standard InChI is InChI=1S/C18H16N2O2/c21-20(22)16-12-14-9-10-15(16)18(14,13-6-2-1-3-7-13)17-8-4-5-11-19-17/h1-11,14-16H,12H2/t14-,15+,16+,18+/m1/s1. The summed E-state index contributed by atoms with van der Waals surface area (Å²) in [6, 6.07) is 15.4. The lowest BCUT2D eigenvalue weighted by Gasteiger charge is -2.34. The van der Waals surface area contributed by atoms with Gasteiger partial charge in [-0.3, -0.25) is 15.1 Å². The third kappa shape index (κ3) is 1.61. The molecule has 1 fully saturated rings. The van der Waals surface area contributed by atoms with E-state index in [9.17, 15) is 10.1 Å². The number of hydrogen-bond donors (Lipinski definition) is 0. The lowest BCUT2D eigenvalue weighted by atomic mass is 9.68. The lowest BCUT2D eigenvalue weighted by molar-refractivity contribution is -0.527. The van der Waals surface area contributed by atoms with Gasteiger partial charge in [0.05, 0.1) is 17.0 Å². The quantitative estimate of drug-likeness (QED) is 0.496. The van der Waals surface area contributed by atoms with Crippen LogP contribution in [0.3, 0.4) is 0 Å². The summed E-state index contributed by atoms with van der Waals surface area (Å²) in [6.07, 6.45) is 6.54.